The summed E-state index contributed by atoms with van der Waals surface area (Å²) in [5.41, 5.74) is 10.6. The summed E-state index contributed by atoms with van der Waals surface area (Å²) in [7, 11) is 0. The summed E-state index contributed by atoms with van der Waals surface area (Å²) in [5, 5.41) is 16.6. The quantitative estimate of drug-likeness (QED) is 0.580. The van der Waals surface area contributed by atoms with Gasteiger partial charge in [0.2, 0.25) is 5.13 Å². The second-order valence-electron chi connectivity index (χ2n) is 6.07. The van der Waals surface area contributed by atoms with Crippen LogP contribution in [0.2, 0.25) is 0 Å². The zero-order valence-electron chi connectivity index (χ0n) is 13.0. The van der Waals surface area contributed by atoms with Crippen LogP contribution in [-0.2, 0) is 5.41 Å². The van der Waals surface area contributed by atoms with Crippen molar-refractivity contribution in [1.82, 2.24) is 4.98 Å². The summed E-state index contributed by atoms with van der Waals surface area (Å²) in [6.07, 6.45) is 7.53. The topological polar surface area (TPSA) is 83.5 Å². The largest absolute Gasteiger partial charge is 0.395 e. The van der Waals surface area contributed by atoms with Gasteiger partial charge in [-0.15, -0.1) is 11.3 Å². The molecule has 1 aromatic heterocycles. The minimum Gasteiger partial charge on any atom is -0.395 e. The first kappa shape index (κ1) is 16.0. The predicted octanol–water partition coefficient (Wildman–Crippen LogP) is 3.37. The molecule has 0 atom stereocenters. The zero-order chi connectivity index (χ0) is 16.1. The maximum absolute atomic E-state index is 9.95. The smallest absolute Gasteiger partial charge is 0.205 e. The zero-order valence-corrected chi connectivity index (χ0v) is 13.9. The number of hydrogen-bond acceptors (Lipinski definition) is 6. The van der Waals surface area contributed by atoms with E-state index in [-0.39, 0.29) is 12.0 Å². The molecule has 1 aromatic carbocycles. The van der Waals surface area contributed by atoms with Gasteiger partial charge in [0.05, 0.1) is 12.8 Å². The molecule has 122 valence electrons. The van der Waals surface area contributed by atoms with Crippen LogP contribution in [0.5, 0.6) is 0 Å². The fourth-order valence-electron chi connectivity index (χ4n) is 3.22. The van der Waals surface area contributed by atoms with E-state index in [2.05, 4.69) is 27.6 Å². The molecular formula is C17H22N4OS. The van der Waals surface area contributed by atoms with E-state index in [0.717, 1.165) is 18.4 Å². The highest BCUT2D eigenvalue weighted by atomic mass is 32.1. The van der Waals surface area contributed by atoms with E-state index in [9.17, 15) is 5.11 Å². The van der Waals surface area contributed by atoms with Gasteiger partial charge in [-0.1, -0.05) is 37.5 Å². The van der Waals surface area contributed by atoms with Crippen LogP contribution in [0.3, 0.4) is 0 Å². The van der Waals surface area contributed by atoms with Crippen LogP contribution in [0, 0.1) is 0 Å². The van der Waals surface area contributed by atoms with Gasteiger partial charge in [0, 0.05) is 10.8 Å². The molecule has 4 N–H and O–H groups in total. The second kappa shape index (κ2) is 7.10. The number of aliphatic hydroxyl groups excluding tert-OH is 1. The van der Waals surface area contributed by atoms with Gasteiger partial charge in [-0.3, -0.25) is 5.43 Å². The summed E-state index contributed by atoms with van der Waals surface area (Å²) < 4.78 is 0. The van der Waals surface area contributed by atoms with Crippen LogP contribution < -0.4 is 11.2 Å². The number of nitrogens with zero attached hydrogens (tertiary/aromatic N) is 2. The third kappa shape index (κ3) is 3.71. The van der Waals surface area contributed by atoms with Gasteiger partial charge >= 0.3 is 0 Å². The Balaban J connectivity index is 1.74. The summed E-state index contributed by atoms with van der Waals surface area (Å²) in [5.74, 6) is 0.497. The molecule has 0 bridgehead atoms. The van der Waals surface area contributed by atoms with Gasteiger partial charge in [0.1, 0.15) is 5.82 Å². The van der Waals surface area contributed by atoms with Gasteiger partial charge in [0.25, 0.3) is 0 Å². The van der Waals surface area contributed by atoms with Gasteiger partial charge in [0.15, 0.2) is 0 Å². The lowest BCUT2D eigenvalue weighted by atomic mass is 9.70. The number of thiazole rings is 1. The maximum Gasteiger partial charge on any atom is 0.205 e. The highest BCUT2D eigenvalue weighted by Crippen LogP contribution is 2.39. The van der Waals surface area contributed by atoms with Crippen molar-refractivity contribution in [1.29, 1.82) is 0 Å². The minimum absolute atomic E-state index is 0.0840. The van der Waals surface area contributed by atoms with E-state index >= 15 is 0 Å². The maximum atomic E-state index is 9.95. The lowest BCUT2D eigenvalue weighted by molar-refractivity contribution is 0.152. The molecule has 6 heteroatoms. The molecule has 0 radical (unpaired) electrons. The average Bonchev–Trinajstić information content (AvgIpc) is 3.01. The van der Waals surface area contributed by atoms with Crippen molar-refractivity contribution >= 4 is 28.5 Å². The molecule has 23 heavy (non-hydrogen) atoms. The third-order valence-corrected chi connectivity index (χ3v) is 5.27. The number of aromatic nitrogens is 1. The highest BCUT2D eigenvalue weighted by molar-refractivity contribution is 7.14. The molecule has 3 rings (SSSR count). The molecule has 1 saturated carbocycles. The number of benzene rings is 1. The summed E-state index contributed by atoms with van der Waals surface area (Å²) in [4.78, 5) is 4.10. The number of anilines is 2. The number of rotatable bonds is 5. The van der Waals surface area contributed by atoms with E-state index in [1.54, 1.807) is 11.6 Å². The van der Waals surface area contributed by atoms with Crippen LogP contribution in [0.4, 0.5) is 10.9 Å². The van der Waals surface area contributed by atoms with E-state index in [1.807, 2.05) is 12.1 Å². The molecule has 1 aliphatic carbocycles. The molecule has 1 fully saturated rings. The van der Waals surface area contributed by atoms with Crippen LogP contribution in [0.1, 0.15) is 43.2 Å². The van der Waals surface area contributed by atoms with Gasteiger partial charge in [-0.05, 0) is 30.0 Å². The Bertz CT molecular complexity index is 677. The summed E-state index contributed by atoms with van der Waals surface area (Å²) in [6, 6.07) is 8.29. The Hall–Kier alpha value is -1.92. The van der Waals surface area contributed by atoms with Gasteiger partial charge in [-0.25, -0.2) is 4.98 Å². The number of aliphatic hydroxyl groups is 1. The first-order chi connectivity index (χ1) is 11.2. The number of nitrogens with one attached hydrogen (secondary N) is 1. The van der Waals surface area contributed by atoms with E-state index in [1.165, 1.54) is 36.2 Å². The molecule has 0 aliphatic heterocycles. The molecule has 2 aromatic rings. The summed E-state index contributed by atoms with van der Waals surface area (Å²) in [6.45, 7) is 0.213. The van der Waals surface area contributed by atoms with Crippen molar-refractivity contribution in [2.45, 2.75) is 37.5 Å². The first-order valence-electron chi connectivity index (χ1n) is 7.93. The average molecular weight is 330 g/mol. The van der Waals surface area contributed by atoms with E-state index in [4.69, 9.17) is 5.73 Å². The van der Waals surface area contributed by atoms with E-state index < -0.39 is 0 Å². The Kier molecular flexibility index (Phi) is 4.93. The number of nitrogen functional groups attached to an aromatic ring is 1. The lowest BCUT2D eigenvalue weighted by Crippen LogP contribution is -2.33. The molecule has 1 aliphatic rings. The fourth-order valence-corrected chi connectivity index (χ4v) is 3.76. The van der Waals surface area contributed by atoms with Crippen molar-refractivity contribution in [3.63, 3.8) is 0 Å². The highest BCUT2D eigenvalue weighted by Gasteiger charge is 2.33. The Morgan fingerprint density at radius 1 is 1.35 bits per heavy atom. The monoisotopic (exact) mass is 330 g/mol. The van der Waals surface area contributed by atoms with Gasteiger partial charge in [-0.2, -0.15) is 5.10 Å². The standard InChI is InChI=1S/C17H22N4OS/c18-15-11-23-16(20-15)21-19-10-13-5-4-6-14(9-13)17(12-22)7-2-1-3-8-17/h4-6,9-11,22H,1-3,7-8,12,18H2,(H,20,21). The Morgan fingerprint density at radius 2 is 2.17 bits per heavy atom. The number of hydrogen-bond donors (Lipinski definition) is 3. The SMILES string of the molecule is Nc1csc(NN=Cc2cccc(C3(CO)CCCCC3)c2)n1. The lowest BCUT2D eigenvalue weighted by Gasteiger charge is -2.36. The van der Waals surface area contributed by atoms with Crippen molar-refractivity contribution in [3.8, 4) is 0 Å². The fraction of sp³-hybridized carbons (Fsp3) is 0.412. The van der Waals surface area contributed by atoms with Gasteiger partial charge < -0.3 is 10.8 Å². The van der Waals surface area contributed by atoms with Crippen LogP contribution in [0.25, 0.3) is 0 Å². The second-order valence-corrected chi connectivity index (χ2v) is 6.93. The molecule has 0 unspecified atom stereocenters. The van der Waals surface area contributed by atoms with Crippen molar-refractivity contribution in [3.05, 3.63) is 40.8 Å². The number of hydrazone groups is 1. The minimum atomic E-state index is -0.0840. The number of nitrogens with two attached hydrogens (primary N) is 1. The van der Waals surface area contributed by atoms with Crippen molar-refractivity contribution in [2.24, 2.45) is 5.10 Å². The van der Waals surface area contributed by atoms with Crippen molar-refractivity contribution in [2.75, 3.05) is 17.8 Å². The summed E-state index contributed by atoms with van der Waals surface area (Å²) >= 11 is 1.42. The molecular weight excluding hydrogens is 308 g/mol. The Labute approximate surface area is 140 Å². The van der Waals surface area contributed by atoms with Crippen LogP contribution in [0.15, 0.2) is 34.7 Å². The molecule has 0 amide bonds. The van der Waals surface area contributed by atoms with E-state index in [0.29, 0.717) is 10.9 Å². The van der Waals surface area contributed by atoms with Crippen molar-refractivity contribution < 1.29 is 5.11 Å². The molecule has 0 saturated heterocycles. The van der Waals surface area contributed by atoms with Crippen LogP contribution in [-0.4, -0.2) is 22.9 Å². The van der Waals surface area contributed by atoms with Crippen LogP contribution >= 0.6 is 11.3 Å². The molecule has 0 spiro atoms. The Morgan fingerprint density at radius 3 is 2.87 bits per heavy atom. The predicted molar refractivity (Wildman–Crippen MR) is 96.0 cm³/mol. The first-order valence-corrected chi connectivity index (χ1v) is 8.81. The normalized spacial score (nSPS) is 17.4. The molecule has 1 heterocycles. The third-order valence-electron chi connectivity index (χ3n) is 4.51. The molecule has 5 nitrogen and oxygen atoms in total.